The fourth-order valence-electron chi connectivity index (χ4n) is 1.52. The molecule has 14 heavy (non-hydrogen) atoms. The normalized spacial score (nSPS) is 15.6. The molecule has 0 spiro atoms. The van der Waals surface area contributed by atoms with Gasteiger partial charge in [-0.2, -0.15) is 12.6 Å². The standard InChI is InChI=1S/C10H12O3S/c1-6-2-9-10(13-5-12-9)3-7(6)8(11)4-14/h2-3,8,11,14H,4-5H2,1H3. The molecule has 0 saturated heterocycles. The molecule has 1 unspecified atom stereocenters. The summed E-state index contributed by atoms with van der Waals surface area (Å²) in [6, 6.07) is 3.70. The number of ether oxygens (including phenoxy) is 2. The van der Waals surface area contributed by atoms with E-state index in [0.29, 0.717) is 11.5 Å². The van der Waals surface area contributed by atoms with Crippen molar-refractivity contribution in [1.29, 1.82) is 0 Å². The molecule has 1 atom stereocenters. The van der Waals surface area contributed by atoms with Crippen LogP contribution in [-0.2, 0) is 0 Å². The summed E-state index contributed by atoms with van der Waals surface area (Å²) >= 11 is 4.06. The van der Waals surface area contributed by atoms with E-state index in [1.54, 1.807) is 0 Å². The van der Waals surface area contributed by atoms with Crippen LogP contribution in [0.3, 0.4) is 0 Å². The smallest absolute Gasteiger partial charge is 0.231 e. The third kappa shape index (κ3) is 1.55. The number of hydrogen-bond acceptors (Lipinski definition) is 4. The van der Waals surface area contributed by atoms with E-state index in [1.165, 1.54) is 0 Å². The van der Waals surface area contributed by atoms with Crippen LogP contribution in [-0.4, -0.2) is 17.7 Å². The number of hydrogen-bond donors (Lipinski definition) is 2. The van der Waals surface area contributed by atoms with Gasteiger partial charge in [0.1, 0.15) is 0 Å². The van der Waals surface area contributed by atoms with Crippen molar-refractivity contribution in [2.24, 2.45) is 0 Å². The first-order chi connectivity index (χ1) is 6.72. The van der Waals surface area contributed by atoms with Crippen LogP contribution in [0.1, 0.15) is 17.2 Å². The summed E-state index contributed by atoms with van der Waals surface area (Å²) in [6.07, 6.45) is -0.548. The second kappa shape index (κ2) is 3.71. The molecule has 0 saturated carbocycles. The molecule has 1 aromatic carbocycles. The molecule has 1 N–H and O–H groups in total. The van der Waals surface area contributed by atoms with E-state index in [0.717, 1.165) is 16.9 Å². The summed E-state index contributed by atoms with van der Waals surface area (Å²) < 4.78 is 10.5. The predicted molar refractivity (Wildman–Crippen MR) is 56.1 cm³/mol. The largest absolute Gasteiger partial charge is 0.454 e. The monoisotopic (exact) mass is 212 g/mol. The zero-order valence-electron chi connectivity index (χ0n) is 7.86. The molecule has 1 aliphatic heterocycles. The van der Waals surface area contributed by atoms with Crippen molar-refractivity contribution in [3.8, 4) is 11.5 Å². The van der Waals surface area contributed by atoms with E-state index in [-0.39, 0.29) is 6.79 Å². The predicted octanol–water partition coefficient (Wildman–Crippen LogP) is 1.69. The van der Waals surface area contributed by atoms with Gasteiger partial charge in [0.25, 0.3) is 0 Å². The van der Waals surface area contributed by atoms with Crippen molar-refractivity contribution in [2.45, 2.75) is 13.0 Å². The topological polar surface area (TPSA) is 38.7 Å². The molecule has 3 nitrogen and oxygen atoms in total. The molecular formula is C10H12O3S. The summed E-state index contributed by atoms with van der Waals surface area (Å²) in [7, 11) is 0. The summed E-state index contributed by atoms with van der Waals surface area (Å²) in [5, 5.41) is 9.67. The highest BCUT2D eigenvalue weighted by Gasteiger charge is 2.18. The Morgan fingerprint density at radius 3 is 2.71 bits per heavy atom. The van der Waals surface area contributed by atoms with Crippen molar-refractivity contribution in [1.82, 2.24) is 0 Å². The highest BCUT2D eigenvalue weighted by atomic mass is 32.1. The number of aryl methyl sites for hydroxylation is 1. The van der Waals surface area contributed by atoms with Gasteiger partial charge in [-0.25, -0.2) is 0 Å². The van der Waals surface area contributed by atoms with Gasteiger partial charge in [0.15, 0.2) is 11.5 Å². The average molecular weight is 212 g/mol. The van der Waals surface area contributed by atoms with E-state index in [9.17, 15) is 5.11 Å². The van der Waals surface area contributed by atoms with Gasteiger partial charge in [0, 0.05) is 5.75 Å². The Morgan fingerprint density at radius 2 is 2.07 bits per heavy atom. The first-order valence-electron chi connectivity index (χ1n) is 4.41. The number of thiol groups is 1. The van der Waals surface area contributed by atoms with Gasteiger partial charge in [0.2, 0.25) is 6.79 Å². The van der Waals surface area contributed by atoms with E-state index in [2.05, 4.69) is 12.6 Å². The number of fused-ring (bicyclic) bond motifs is 1. The van der Waals surface area contributed by atoms with Gasteiger partial charge < -0.3 is 14.6 Å². The van der Waals surface area contributed by atoms with Crippen LogP contribution in [0, 0.1) is 6.92 Å². The van der Waals surface area contributed by atoms with E-state index in [4.69, 9.17) is 9.47 Å². The minimum absolute atomic E-state index is 0.259. The van der Waals surface area contributed by atoms with Crippen LogP contribution in [0.25, 0.3) is 0 Å². The maximum Gasteiger partial charge on any atom is 0.231 e. The SMILES string of the molecule is Cc1cc2c(cc1C(O)CS)OCO2. The molecule has 2 rings (SSSR count). The van der Waals surface area contributed by atoms with Crippen molar-refractivity contribution in [3.05, 3.63) is 23.3 Å². The van der Waals surface area contributed by atoms with Gasteiger partial charge in [0.05, 0.1) is 6.10 Å². The maximum atomic E-state index is 9.67. The molecule has 1 aromatic rings. The van der Waals surface area contributed by atoms with Crippen molar-refractivity contribution in [3.63, 3.8) is 0 Å². The van der Waals surface area contributed by atoms with E-state index in [1.807, 2.05) is 19.1 Å². The molecule has 0 bridgehead atoms. The maximum absolute atomic E-state index is 9.67. The van der Waals surface area contributed by atoms with Gasteiger partial charge >= 0.3 is 0 Å². The van der Waals surface area contributed by atoms with Gasteiger partial charge in [-0.15, -0.1) is 0 Å². The third-order valence-electron chi connectivity index (χ3n) is 2.29. The van der Waals surface area contributed by atoms with Crippen LogP contribution in [0.4, 0.5) is 0 Å². The minimum atomic E-state index is -0.548. The lowest BCUT2D eigenvalue weighted by Gasteiger charge is -2.11. The molecule has 1 aliphatic rings. The van der Waals surface area contributed by atoms with Crippen molar-refractivity contribution < 1.29 is 14.6 Å². The molecule has 1 heterocycles. The first-order valence-corrected chi connectivity index (χ1v) is 5.04. The second-order valence-corrected chi connectivity index (χ2v) is 3.63. The minimum Gasteiger partial charge on any atom is -0.454 e. The Kier molecular flexibility index (Phi) is 2.56. The van der Waals surface area contributed by atoms with Crippen LogP contribution in [0.2, 0.25) is 0 Å². The first kappa shape index (κ1) is 9.68. The fraction of sp³-hybridized carbons (Fsp3) is 0.400. The van der Waals surface area contributed by atoms with Crippen molar-refractivity contribution in [2.75, 3.05) is 12.5 Å². The molecular weight excluding hydrogens is 200 g/mol. The van der Waals surface area contributed by atoms with Crippen LogP contribution in [0.5, 0.6) is 11.5 Å². The summed E-state index contributed by atoms with van der Waals surface area (Å²) in [5.74, 6) is 1.85. The lowest BCUT2D eigenvalue weighted by molar-refractivity contribution is 0.173. The van der Waals surface area contributed by atoms with E-state index >= 15 is 0 Å². The van der Waals surface area contributed by atoms with Crippen LogP contribution in [0.15, 0.2) is 12.1 Å². The summed E-state index contributed by atoms with van der Waals surface area (Å²) in [4.78, 5) is 0. The van der Waals surface area contributed by atoms with Gasteiger partial charge in [-0.1, -0.05) is 0 Å². The lowest BCUT2D eigenvalue weighted by Crippen LogP contribution is -2.01. The number of benzene rings is 1. The number of rotatable bonds is 2. The zero-order valence-corrected chi connectivity index (χ0v) is 8.75. The Balaban J connectivity index is 2.42. The average Bonchev–Trinajstić information content (AvgIpc) is 2.62. The molecule has 76 valence electrons. The quantitative estimate of drug-likeness (QED) is 0.733. The Morgan fingerprint density at radius 1 is 1.43 bits per heavy atom. The molecule has 0 aliphatic carbocycles. The third-order valence-corrected chi connectivity index (χ3v) is 2.64. The lowest BCUT2D eigenvalue weighted by atomic mass is 10.0. The molecule has 0 aromatic heterocycles. The second-order valence-electron chi connectivity index (χ2n) is 3.26. The van der Waals surface area contributed by atoms with Crippen molar-refractivity contribution >= 4 is 12.6 Å². The van der Waals surface area contributed by atoms with E-state index < -0.39 is 6.10 Å². The number of aliphatic hydroxyl groups is 1. The fourth-order valence-corrected chi connectivity index (χ4v) is 1.71. The summed E-state index contributed by atoms with van der Waals surface area (Å²) in [6.45, 7) is 2.19. The Hall–Kier alpha value is -0.870. The van der Waals surface area contributed by atoms with Crippen LogP contribution < -0.4 is 9.47 Å². The molecule has 0 fully saturated rings. The Labute approximate surface area is 88.1 Å². The molecule has 4 heteroatoms. The summed E-state index contributed by atoms with van der Waals surface area (Å²) in [5.41, 5.74) is 1.85. The highest BCUT2D eigenvalue weighted by Crippen LogP contribution is 2.36. The Bertz CT molecular complexity index is 351. The van der Waals surface area contributed by atoms with Gasteiger partial charge in [-0.05, 0) is 30.2 Å². The van der Waals surface area contributed by atoms with Gasteiger partial charge in [-0.3, -0.25) is 0 Å². The molecule has 0 radical (unpaired) electrons. The number of aliphatic hydroxyl groups excluding tert-OH is 1. The zero-order chi connectivity index (χ0) is 10.1. The molecule has 0 amide bonds. The van der Waals surface area contributed by atoms with Crippen LogP contribution >= 0.6 is 12.6 Å². The highest BCUT2D eigenvalue weighted by molar-refractivity contribution is 7.80.